The molecule has 1 aromatic heterocycles. The van der Waals surface area contributed by atoms with Crippen molar-refractivity contribution in [1.29, 1.82) is 5.26 Å². The van der Waals surface area contributed by atoms with Crippen LogP contribution in [0.1, 0.15) is 55.8 Å². The molecule has 18 heavy (non-hydrogen) atoms. The molecule has 4 heteroatoms. The molecule has 0 radical (unpaired) electrons. The van der Waals surface area contributed by atoms with Crippen LogP contribution in [0, 0.1) is 25.2 Å². The molecule has 0 atom stereocenters. The van der Waals surface area contributed by atoms with E-state index in [2.05, 4.69) is 23.2 Å². The molecule has 0 unspecified atom stereocenters. The highest BCUT2D eigenvalue weighted by atomic mass is 16.5. The molecule has 0 aromatic carbocycles. The van der Waals surface area contributed by atoms with Crippen molar-refractivity contribution >= 4 is 0 Å². The molecule has 1 rings (SSSR count). The highest BCUT2D eigenvalue weighted by molar-refractivity contribution is 5.44. The quantitative estimate of drug-likeness (QED) is 0.693. The Kier molecular flexibility index (Phi) is 6.13. The van der Waals surface area contributed by atoms with E-state index in [9.17, 15) is 0 Å². The number of aromatic nitrogens is 2. The fourth-order valence-electron chi connectivity index (χ4n) is 1.69. The van der Waals surface area contributed by atoms with Gasteiger partial charge in [0.15, 0.2) is 0 Å². The van der Waals surface area contributed by atoms with E-state index in [0.717, 1.165) is 24.1 Å². The minimum Gasteiger partial charge on any atom is -0.476 e. The maximum Gasteiger partial charge on any atom is 0.251 e. The summed E-state index contributed by atoms with van der Waals surface area (Å²) in [5.74, 6) is 0.371. The Labute approximate surface area is 109 Å². The van der Waals surface area contributed by atoms with E-state index in [1.165, 1.54) is 19.3 Å². The van der Waals surface area contributed by atoms with Crippen molar-refractivity contribution in [1.82, 2.24) is 10.2 Å². The maximum absolute atomic E-state index is 9.10. The average molecular weight is 247 g/mol. The summed E-state index contributed by atoms with van der Waals surface area (Å²) in [6, 6.07) is 2.14. The molecule has 4 nitrogen and oxygen atoms in total. The van der Waals surface area contributed by atoms with E-state index in [1.807, 2.05) is 13.8 Å². The van der Waals surface area contributed by atoms with Gasteiger partial charge in [-0.05, 0) is 25.8 Å². The zero-order valence-electron chi connectivity index (χ0n) is 11.5. The highest BCUT2D eigenvalue weighted by Crippen LogP contribution is 2.19. The van der Waals surface area contributed by atoms with Crippen LogP contribution in [0.15, 0.2) is 0 Å². The van der Waals surface area contributed by atoms with Crippen LogP contribution in [0.3, 0.4) is 0 Å². The van der Waals surface area contributed by atoms with Gasteiger partial charge in [-0.3, -0.25) is 0 Å². The average Bonchev–Trinajstić information content (AvgIpc) is 2.38. The summed E-state index contributed by atoms with van der Waals surface area (Å²) in [5, 5.41) is 17.0. The van der Waals surface area contributed by atoms with Gasteiger partial charge in [-0.1, -0.05) is 32.6 Å². The van der Waals surface area contributed by atoms with Gasteiger partial charge in [0.1, 0.15) is 11.6 Å². The lowest BCUT2D eigenvalue weighted by atomic mass is 10.1. The largest absolute Gasteiger partial charge is 0.476 e. The lowest BCUT2D eigenvalue weighted by molar-refractivity contribution is 0.288. The summed E-state index contributed by atoms with van der Waals surface area (Å²) in [4.78, 5) is 0. The van der Waals surface area contributed by atoms with Gasteiger partial charge >= 0.3 is 0 Å². The van der Waals surface area contributed by atoms with Crippen molar-refractivity contribution in [2.75, 3.05) is 6.61 Å². The lowest BCUT2D eigenvalue weighted by Crippen LogP contribution is -2.05. The summed E-state index contributed by atoms with van der Waals surface area (Å²) >= 11 is 0. The number of aryl methyl sites for hydroxylation is 1. The predicted molar refractivity (Wildman–Crippen MR) is 70.5 cm³/mol. The fourth-order valence-corrected chi connectivity index (χ4v) is 1.69. The summed E-state index contributed by atoms with van der Waals surface area (Å²) in [6.07, 6.45) is 5.91. The summed E-state index contributed by atoms with van der Waals surface area (Å²) in [6.45, 7) is 6.52. The van der Waals surface area contributed by atoms with E-state index in [-0.39, 0.29) is 0 Å². The van der Waals surface area contributed by atoms with Gasteiger partial charge in [0.25, 0.3) is 5.88 Å². The molecule has 1 aromatic rings. The second kappa shape index (κ2) is 7.65. The Hall–Kier alpha value is -1.63. The highest BCUT2D eigenvalue weighted by Gasteiger charge is 2.11. The zero-order valence-corrected chi connectivity index (χ0v) is 11.5. The first kappa shape index (κ1) is 14.4. The Bertz CT molecular complexity index is 424. The van der Waals surface area contributed by atoms with E-state index in [1.54, 1.807) is 0 Å². The lowest BCUT2D eigenvalue weighted by Gasteiger charge is -2.08. The number of hydrogen-bond acceptors (Lipinski definition) is 4. The van der Waals surface area contributed by atoms with Crippen LogP contribution in [-0.2, 0) is 0 Å². The number of unbranched alkanes of at least 4 members (excludes halogenated alkanes) is 4. The topological polar surface area (TPSA) is 58.8 Å². The molecule has 0 spiro atoms. The first-order valence-corrected chi connectivity index (χ1v) is 6.57. The summed E-state index contributed by atoms with van der Waals surface area (Å²) in [5.41, 5.74) is 2.14. The van der Waals surface area contributed by atoms with Crippen LogP contribution in [0.2, 0.25) is 0 Å². The molecular formula is C14H21N3O. The standard InChI is InChI=1S/C14H21N3O/c1-4-5-6-7-8-9-18-14-13(10-15)11(2)12(3)16-17-14/h4-9H2,1-3H3. The van der Waals surface area contributed by atoms with Gasteiger partial charge in [-0.25, -0.2) is 0 Å². The van der Waals surface area contributed by atoms with Crippen molar-refractivity contribution in [2.24, 2.45) is 0 Å². The van der Waals surface area contributed by atoms with Crippen LogP contribution in [0.5, 0.6) is 5.88 Å². The third-order valence-corrected chi connectivity index (χ3v) is 3.02. The zero-order chi connectivity index (χ0) is 13.4. The molecule has 0 amide bonds. The number of rotatable bonds is 7. The Morgan fingerprint density at radius 2 is 1.83 bits per heavy atom. The van der Waals surface area contributed by atoms with Crippen LogP contribution < -0.4 is 4.74 Å². The molecule has 0 aliphatic heterocycles. The molecule has 0 aliphatic carbocycles. The molecule has 0 N–H and O–H groups in total. The molecule has 0 fully saturated rings. The van der Waals surface area contributed by atoms with Gasteiger partial charge < -0.3 is 4.74 Å². The SMILES string of the molecule is CCCCCCCOc1nnc(C)c(C)c1C#N. The normalized spacial score (nSPS) is 10.1. The Morgan fingerprint density at radius 1 is 1.11 bits per heavy atom. The smallest absolute Gasteiger partial charge is 0.251 e. The van der Waals surface area contributed by atoms with Crippen LogP contribution in [-0.4, -0.2) is 16.8 Å². The summed E-state index contributed by atoms with van der Waals surface area (Å²) < 4.78 is 5.55. The molecule has 0 aliphatic rings. The van der Waals surface area contributed by atoms with E-state index < -0.39 is 0 Å². The Balaban J connectivity index is 2.48. The number of hydrogen-bond donors (Lipinski definition) is 0. The van der Waals surface area contributed by atoms with Crippen LogP contribution in [0.25, 0.3) is 0 Å². The maximum atomic E-state index is 9.10. The van der Waals surface area contributed by atoms with Gasteiger partial charge in [0.2, 0.25) is 0 Å². The van der Waals surface area contributed by atoms with Crippen molar-refractivity contribution in [3.63, 3.8) is 0 Å². The second-order valence-electron chi connectivity index (χ2n) is 4.47. The molecule has 0 saturated heterocycles. The Morgan fingerprint density at radius 3 is 2.50 bits per heavy atom. The minimum absolute atomic E-state index is 0.371. The summed E-state index contributed by atoms with van der Waals surface area (Å²) in [7, 11) is 0. The van der Waals surface area contributed by atoms with Crippen LogP contribution >= 0.6 is 0 Å². The molecule has 0 saturated carbocycles. The second-order valence-corrected chi connectivity index (χ2v) is 4.47. The first-order chi connectivity index (χ1) is 8.70. The third-order valence-electron chi connectivity index (χ3n) is 3.02. The third kappa shape index (κ3) is 3.99. The van der Waals surface area contributed by atoms with Crippen molar-refractivity contribution < 1.29 is 4.74 Å². The number of nitriles is 1. The number of ether oxygens (including phenoxy) is 1. The molecule has 98 valence electrons. The van der Waals surface area contributed by atoms with Crippen LogP contribution in [0.4, 0.5) is 0 Å². The minimum atomic E-state index is 0.371. The van der Waals surface area contributed by atoms with Gasteiger partial charge in [0.05, 0.1) is 12.3 Å². The first-order valence-electron chi connectivity index (χ1n) is 6.57. The van der Waals surface area contributed by atoms with E-state index in [4.69, 9.17) is 10.00 Å². The fraction of sp³-hybridized carbons (Fsp3) is 0.643. The monoisotopic (exact) mass is 247 g/mol. The van der Waals surface area contributed by atoms with E-state index in [0.29, 0.717) is 18.1 Å². The van der Waals surface area contributed by atoms with Gasteiger partial charge in [-0.15, -0.1) is 5.10 Å². The van der Waals surface area contributed by atoms with Gasteiger partial charge in [0, 0.05) is 0 Å². The van der Waals surface area contributed by atoms with Crippen molar-refractivity contribution in [2.45, 2.75) is 52.9 Å². The van der Waals surface area contributed by atoms with Crippen molar-refractivity contribution in [3.8, 4) is 11.9 Å². The van der Waals surface area contributed by atoms with Crippen molar-refractivity contribution in [3.05, 3.63) is 16.8 Å². The molecule has 1 heterocycles. The van der Waals surface area contributed by atoms with Gasteiger partial charge in [-0.2, -0.15) is 10.4 Å². The predicted octanol–water partition coefficient (Wildman–Crippen LogP) is 3.31. The number of nitrogens with zero attached hydrogens (tertiary/aromatic N) is 3. The van der Waals surface area contributed by atoms with E-state index >= 15 is 0 Å². The molecular weight excluding hydrogens is 226 g/mol. The molecule has 0 bridgehead atoms.